The van der Waals surface area contributed by atoms with Gasteiger partial charge < -0.3 is 15.0 Å². The zero-order valence-corrected chi connectivity index (χ0v) is 13.3. The van der Waals surface area contributed by atoms with Crippen molar-refractivity contribution in [2.24, 2.45) is 0 Å². The van der Waals surface area contributed by atoms with Crippen molar-refractivity contribution in [1.29, 1.82) is 0 Å². The summed E-state index contributed by atoms with van der Waals surface area (Å²) in [6.07, 6.45) is 0.996. The van der Waals surface area contributed by atoms with Crippen LogP contribution in [0, 0.1) is 0 Å². The third kappa shape index (κ3) is 3.69. The van der Waals surface area contributed by atoms with Gasteiger partial charge in [0.15, 0.2) is 0 Å². The van der Waals surface area contributed by atoms with Crippen LogP contribution in [0.4, 0.5) is 11.4 Å². The third-order valence-electron chi connectivity index (χ3n) is 3.65. The van der Waals surface area contributed by atoms with Crippen molar-refractivity contribution in [3.05, 3.63) is 54.1 Å². The Kier molecular flexibility index (Phi) is 5.09. The minimum absolute atomic E-state index is 0.242. The standard InChI is InChI=1S/C18H24N2O/c1-5-17(16-8-6-7-9-18(16)21-4)19-14-10-12-15(13-11-14)20(2)3/h6-13,17,19H,5H2,1-4H3. The number of methoxy groups -OCH3 is 1. The van der Waals surface area contributed by atoms with Gasteiger partial charge in [-0.2, -0.15) is 0 Å². The van der Waals surface area contributed by atoms with E-state index in [-0.39, 0.29) is 6.04 Å². The predicted molar refractivity (Wildman–Crippen MR) is 90.4 cm³/mol. The molecule has 2 rings (SSSR count). The Morgan fingerprint density at radius 3 is 2.29 bits per heavy atom. The number of rotatable bonds is 6. The van der Waals surface area contributed by atoms with Crippen molar-refractivity contribution in [2.45, 2.75) is 19.4 Å². The number of para-hydroxylation sites is 1. The van der Waals surface area contributed by atoms with Crippen LogP contribution in [0.3, 0.4) is 0 Å². The van der Waals surface area contributed by atoms with Crippen molar-refractivity contribution in [2.75, 3.05) is 31.4 Å². The quantitative estimate of drug-likeness (QED) is 0.854. The SMILES string of the molecule is CCC(Nc1ccc(N(C)C)cc1)c1ccccc1OC. The maximum Gasteiger partial charge on any atom is 0.124 e. The molecular formula is C18H24N2O. The summed E-state index contributed by atoms with van der Waals surface area (Å²) in [4.78, 5) is 2.10. The van der Waals surface area contributed by atoms with Crippen LogP contribution in [-0.2, 0) is 0 Å². The average Bonchev–Trinajstić information content (AvgIpc) is 2.53. The molecule has 1 N–H and O–H groups in total. The van der Waals surface area contributed by atoms with E-state index >= 15 is 0 Å². The Hall–Kier alpha value is -2.16. The molecule has 0 radical (unpaired) electrons. The van der Waals surface area contributed by atoms with Gasteiger partial charge in [0.2, 0.25) is 0 Å². The molecule has 0 aromatic heterocycles. The lowest BCUT2D eigenvalue weighted by atomic mass is 10.0. The van der Waals surface area contributed by atoms with Crippen molar-refractivity contribution < 1.29 is 4.74 Å². The van der Waals surface area contributed by atoms with Gasteiger partial charge in [0.1, 0.15) is 5.75 Å². The van der Waals surface area contributed by atoms with Crippen LogP contribution in [0.2, 0.25) is 0 Å². The summed E-state index contributed by atoms with van der Waals surface area (Å²) in [5, 5.41) is 3.59. The van der Waals surface area contributed by atoms with Crippen LogP contribution in [0.1, 0.15) is 24.9 Å². The van der Waals surface area contributed by atoms with Gasteiger partial charge in [-0.1, -0.05) is 25.1 Å². The van der Waals surface area contributed by atoms with Gasteiger partial charge in [-0.25, -0.2) is 0 Å². The number of hydrogen-bond donors (Lipinski definition) is 1. The highest BCUT2D eigenvalue weighted by Gasteiger charge is 2.13. The molecule has 0 amide bonds. The van der Waals surface area contributed by atoms with Crippen molar-refractivity contribution in [3.63, 3.8) is 0 Å². The first kappa shape index (κ1) is 15.2. The molecule has 0 bridgehead atoms. The summed E-state index contributed by atoms with van der Waals surface area (Å²) in [5.41, 5.74) is 3.52. The van der Waals surface area contributed by atoms with Crippen LogP contribution in [0.5, 0.6) is 5.75 Å². The first-order valence-electron chi connectivity index (χ1n) is 7.32. The second-order valence-corrected chi connectivity index (χ2v) is 5.29. The second-order valence-electron chi connectivity index (χ2n) is 5.29. The molecule has 0 aliphatic carbocycles. The smallest absolute Gasteiger partial charge is 0.124 e. The van der Waals surface area contributed by atoms with E-state index in [2.05, 4.69) is 53.5 Å². The fraction of sp³-hybridized carbons (Fsp3) is 0.333. The molecule has 0 aliphatic heterocycles. The third-order valence-corrected chi connectivity index (χ3v) is 3.65. The van der Waals surface area contributed by atoms with E-state index in [0.29, 0.717) is 0 Å². The van der Waals surface area contributed by atoms with Gasteiger partial charge in [0, 0.05) is 31.0 Å². The Morgan fingerprint density at radius 2 is 1.71 bits per heavy atom. The van der Waals surface area contributed by atoms with E-state index < -0.39 is 0 Å². The zero-order chi connectivity index (χ0) is 15.2. The molecule has 112 valence electrons. The van der Waals surface area contributed by atoms with Gasteiger partial charge in [0.05, 0.1) is 13.2 Å². The molecule has 0 saturated carbocycles. The molecule has 1 atom stereocenters. The van der Waals surface area contributed by atoms with Crippen molar-refractivity contribution in [3.8, 4) is 5.75 Å². The highest BCUT2D eigenvalue weighted by molar-refractivity contribution is 5.55. The molecule has 0 saturated heterocycles. The van der Waals surface area contributed by atoms with E-state index in [4.69, 9.17) is 4.74 Å². The van der Waals surface area contributed by atoms with Gasteiger partial charge >= 0.3 is 0 Å². The lowest BCUT2D eigenvalue weighted by Crippen LogP contribution is -2.12. The van der Waals surface area contributed by atoms with Crippen molar-refractivity contribution in [1.82, 2.24) is 0 Å². The number of nitrogens with zero attached hydrogens (tertiary/aromatic N) is 1. The fourth-order valence-electron chi connectivity index (χ4n) is 2.41. The van der Waals surface area contributed by atoms with Gasteiger partial charge in [0.25, 0.3) is 0 Å². The molecule has 0 heterocycles. The Morgan fingerprint density at radius 1 is 1.05 bits per heavy atom. The molecule has 3 nitrogen and oxygen atoms in total. The number of hydrogen-bond acceptors (Lipinski definition) is 3. The highest BCUT2D eigenvalue weighted by Crippen LogP contribution is 2.30. The van der Waals surface area contributed by atoms with Crippen LogP contribution >= 0.6 is 0 Å². The Balaban J connectivity index is 2.19. The topological polar surface area (TPSA) is 24.5 Å². The van der Waals surface area contributed by atoms with Crippen molar-refractivity contribution >= 4 is 11.4 Å². The lowest BCUT2D eigenvalue weighted by Gasteiger charge is -2.21. The first-order chi connectivity index (χ1) is 10.2. The molecule has 1 unspecified atom stereocenters. The summed E-state index contributed by atoms with van der Waals surface area (Å²) >= 11 is 0. The average molecular weight is 284 g/mol. The number of benzene rings is 2. The van der Waals surface area contributed by atoms with Crippen LogP contribution in [0.25, 0.3) is 0 Å². The van der Waals surface area contributed by atoms with Gasteiger partial charge in [-0.05, 0) is 36.8 Å². The minimum Gasteiger partial charge on any atom is -0.496 e. The molecule has 0 fully saturated rings. The summed E-state index contributed by atoms with van der Waals surface area (Å²) < 4.78 is 5.47. The lowest BCUT2D eigenvalue weighted by molar-refractivity contribution is 0.406. The minimum atomic E-state index is 0.242. The van der Waals surface area contributed by atoms with E-state index in [1.54, 1.807) is 7.11 Å². The zero-order valence-electron chi connectivity index (χ0n) is 13.3. The van der Waals surface area contributed by atoms with E-state index in [0.717, 1.165) is 17.9 Å². The number of ether oxygens (including phenoxy) is 1. The maximum atomic E-state index is 5.47. The molecule has 2 aromatic rings. The molecule has 21 heavy (non-hydrogen) atoms. The van der Waals surface area contributed by atoms with Gasteiger partial charge in [-0.15, -0.1) is 0 Å². The highest BCUT2D eigenvalue weighted by atomic mass is 16.5. The molecule has 2 aromatic carbocycles. The maximum absolute atomic E-state index is 5.47. The Labute approximate surface area is 127 Å². The fourth-order valence-corrected chi connectivity index (χ4v) is 2.41. The van der Waals surface area contributed by atoms with E-state index in [1.807, 2.05) is 26.2 Å². The summed E-state index contributed by atoms with van der Waals surface area (Å²) in [6, 6.07) is 16.9. The number of anilines is 2. The second kappa shape index (κ2) is 7.02. The monoisotopic (exact) mass is 284 g/mol. The number of nitrogens with one attached hydrogen (secondary N) is 1. The molecule has 3 heteroatoms. The first-order valence-corrected chi connectivity index (χ1v) is 7.32. The van der Waals surface area contributed by atoms with E-state index in [1.165, 1.54) is 11.3 Å². The van der Waals surface area contributed by atoms with Gasteiger partial charge in [-0.3, -0.25) is 0 Å². The largest absolute Gasteiger partial charge is 0.496 e. The van der Waals surface area contributed by atoms with Crippen LogP contribution < -0.4 is 15.0 Å². The molecule has 0 aliphatic rings. The predicted octanol–water partition coefficient (Wildman–Crippen LogP) is 4.32. The molecular weight excluding hydrogens is 260 g/mol. The van der Waals surface area contributed by atoms with Crippen LogP contribution in [-0.4, -0.2) is 21.2 Å². The van der Waals surface area contributed by atoms with Crippen LogP contribution in [0.15, 0.2) is 48.5 Å². The normalized spacial score (nSPS) is 11.8. The molecule has 0 spiro atoms. The summed E-state index contributed by atoms with van der Waals surface area (Å²) in [7, 11) is 5.82. The summed E-state index contributed by atoms with van der Waals surface area (Å²) in [5.74, 6) is 0.932. The van der Waals surface area contributed by atoms with E-state index in [9.17, 15) is 0 Å². The summed E-state index contributed by atoms with van der Waals surface area (Å²) in [6.45, 7) is 2.18. The Bertz CT molecular complexity index is 564.